The van der Waals surface area contributed by atoms with E-state index in [9.17, 15) is 14.4 Å². The summed E-state index contributed by atoms with van der Waals surface area (Å²) in [6.45, 7) is 9.94. The van der Waals surface area contributed by atoms with Crippen LogP contribution in [0.5, 0.6) is 0 Å². The summed E-state index contributed by atoms with van der Waals surface area (Å²) in [7, 11) is 0. The van der Waals surface area contributed by atoms with Gasteiger partial charge in [0.15, 0.2) is 0 Å². The minimum atomic E-state index is -0.703. The summed E-state index contributed by atoms with van der Waals surface area (Å²) < 4.78 is 0. The highest BCUT2D eigenvalue weighted by atomic mass is 16.7. The summed E-state index contributed by atoms with van der Waals surface area (Å²) in [5.41, 5.74) is -0.703. The highest BCUT2D eigenvalue weighted by molar-refractivity contribution is 6.05. The number of carbonyl (C=O) groups is 3. The van der Waals surface area contributed by atoms with E-state index in [1.807, 2.05) is 20.8 Å². The molecule has 5 nitrogen and oxygen atoms in total. The molecule has 1 aliphatic heterocycles. The highest BCUT2D eigenvalue weighted by Gasteiger charge is 2.62. The standard InChI is InChI=1S/C19H29NO4/c1-10(2)9-19(5,11(3)4)18(23)24-20-16(21)14-12-6-7-13(8-12)15(14)17(20)22/h10-15H,6-9H2,1-5H3. The van der Waals surface area contributed by atoms with Crippen LogP contribution in [0.15, 0.2) is 0 Å². The van der Waals surface area contributed by atoms with Crippen LogP contribution in [0.2, 0.25) is 0 Å². The lowest BCUT2D eigenvalue weighted by Gasteiger charge is -2.33. The van der Waals surface area contributed by atoms with E-state index >= 15 is 0 Å². The first-order valence-electron chi connectivity index (χ1n) is 9.27. The summed E-state index contributed by atoms with van der Waals surface area (Å²) in [5.74, 6) is -0.554. The zero-order valence-corrected chi connectivity index (χ0v) is 15.4. The summed E-state index contributed by atoms with van der Waals surface area (Å²) in [6, 6.07) is 0. The molecule has 5 heteroatoms. The Labute approximate surface area is 144 Å². The number of carbonyl (C=O) groups excluding carboxylic acids is 3. The molecule has 3 fully saturated rings. The first-order valence-corrected chi connectivity index (χ1v) is 9.27. The fourth-order valence-electron chi connectivity index (χ4n) is 5.06. The van der Waals surface area contributed by atoms with E-state index in [1.165, 1.54) is 0 Å². The van der Waals surface area contributed by atoms with Crippen molar-refractivity contribution in [3.05, 3.63) is 0 Å². The number of rotatable bonds is 5. The predicted molar refractivity (Wildman–Crippen MR) is 88.2 cm³/mol. The lowest BCUT2D eigenvalue weighted by molar-refractivity contribution is -0.209. The van der Waals surface area contributed by atoms with Gasteiger partial charge in [-0.3, -0.25) is 9.59 Å². The van der Waals surface area contributed by atoms with Gasteiger partial charge in [0.1, 0.15) is 0 Å². The SMILES string of the molecule is CC(C)CC(C)(C(=O)ON1C(=O)C2C3CCC(C3)C2C1=O)C(C)C. The average molecular weight is 335 g/mol. The fraction of sp³-hybridized carbons (Fsp3) is 0.842. The number of nitrogens with zero attached hydrogens (tertiary/aromatic N) is 1. The Kier molecular flexibility index (Phi) is 4.25. The third-order valence-corrected chi connectivity index (χ3v) is 6.63. The van der Waals surface area contributed by atoms with Crippen LogP contribution < -0.4 is 0 Å². The molecular weight excluding hydrogens is 306 g/mol. The van der Waals surface area contributed by atoms with E-state index in [2.05, 4.69) is 13.8 Å². The number of hydrogen-bond acceptors (Lipinski definition) is 4. The Bertz CT molecular complexity index is 542. The molecule has 0 aromatic rings. The van der Waals surface area contributed by atoms with Gasteiger partial charge in [0.2, 0.25) is 0 Å². The minimum absolute atomic E-state index is 0.0656. The van der Waals surface area contributed by atoms with Crippen molar-refractivity contribution in [1.29, 1.82) is 0 Å². The van der Waals surface area contributed by atoms with Crippen LogP contribution in [-0.2, 0) is 19.2 Å². The van der Waals surface area contributed by atoms with Crippen LogP contribution in [0, 0.1) is 40.9 Å². The lowest BCUT2D eigenvalue weighted by Crippen LogP contribution is -2.43. The Morgan fingerprint density at radius 1 is 1.12 bits per heavy atom. The maximum Gasteiger partial charge on any atom is 0.339 e. The Balaban J connectivity index is 1.77. The summed E-state index contributed by atoms with van der Waals surface area (Å²) in [5, 5.41) is 0.809. The smallest absolute Gasteiger partial charge is 0.330 e. The molecule has 24 heavy (non-hydrogen) atoms. The maximum atomic E-state index is 12.8. The largest absolute Gasteiger partial charge is 0.339 e. The molecule has 0 spiro atoms. The van der Waals surface area contributed by atoms with Crippen LogP contribution >= 0.6 is 0 Å². The molecule has 0 radical (unpaired) electrons. The second-order valence-corrected chi connectivity index (χ2v) is 8.90. The first kappa shape index (κ1) is 17.4. The molecule has 2 saturated carbocycles. The average Bonchev–Trinajstić information content (AvgIpc) is 3.15. The van der Waals surface area contributed by atoms with Gasteiger partial charge in [0.05, 0.1) is 17.3 Å². The van der Waals surface area contributed by atoms with E-state index in [0.29, 0.717) is 24.2 Å². The molecular formula is C19H29NO4. The van der Waals surface area contributed by atoms with Crippen molar-refractivity contribution >= 4 is 17.8 Å². The van der Waals surface area contributed by atoms with Crippen molar-refractivity contribution in [2.75, 3.05) is 0 Å². The molecule has 1 heterocycles. The van der Waals surface area contributed by atoms with Crippen LogP contribution in [0.4, 0.5) is 0 Å². The van der Waals surface area contributed by atoms with E-state index in [-0.39, 0.29) is 29.6 Å². The second kappa shape index (κ2) is 5.85. The molecule has 2 bridgehead atoms. The zero-order chi connectivity index (χ0) is 17.8. The second-order valence-electron chi connectivity index (χ2n) is 8.90. The van der Waals surface area contributed by atoms with Gasteiger partial charge in [0.25, 0.3) is 11.8 Å². The summed E-state index contributed by atoms with van der Waals surface area (Å²) in [6.07, 6.45) is 3.68. The van der Waals surface area contributed by atoms with Crippen LogP contribution in [0.3, 0.4) is 0 Å². The number of hydrogen-bond donors (Lipinski definition) is 0. The third kappa shape index (κ3) is 2.47. The van der Waals surface area contributed by atoms with Crippen molar-refractivity contribution in [3.63, 3.8) is 0 Å². The quantitative estimate of drug-likeness (QED) is 0.724. The number of fused-ring (bicyclic) bond motifs is 5. The van der Waals surface area contributed by atoms with Gasteiger partial charge in [-0.1, -0.05) is 27.7 Å². The minimum Gasteiger partial charge on any atom is -0.330 e. The van der Waals surface area contributed by atoms with Crippen molar-refractivity contribution in [3.8, 4) is 0 Å². The number of amides is 2. The fourth-order valence-corrected chi connectivity index (χ4v) is 5.06. The number of imide groups is 1. The lowest BCUT2D eigenvalue weighted by atomic mass is 9.73. The molecule has 3 rings (SSSR count). The normalized spacial score (nSPS) is 34.2. The van der Waals surface area contributed by atoms with Gasteiger partial charge < -0.3 is 4.84 Å². The van der Waals surface area contributed by atoms with Gasteiger partial charge in [-0.2, -0.15) is 0 Å². The van der Waals surface area contributed by atoms with Crippen molar-refractivity contribution in [1.82, 2.24) is 5.06 Å². The third-order valence-electron chi connectivity index (χ3n) is 6.63. The van der Waals surface area contributed by atoms with Gasteiger partial charge >= 0.3 is 5.97 Å². The molecule has 134 valence electrons. The Morgan fingerprint density at radius 2 is 1.62 bits per heavy atom. The van der Waals surface area contributed by atoms with Crippen LogP contribution in [0.25, 0.3) is 0 Å². The van der Waals surface area contributed by atoms with Gasteiger partial charge in [0, 0.05) is 0 Å². The maximum absolute atomic E-state index is 12.8. The summed E-state index contributed by atoms with van der Waals surface area (Å²) >= 11 is 0. The van der Waals surface area contributed by atoms with Gasteiger partial charge in [-0.25, -0.2) is 4.79 Å². The van der Waals surface area contributed by atoms with Crippen molar-refractivity contribution in [2.24, 2.45) is 40.9 Å². The molecule has 0 aromatic carbocycles. The predicted octanol–water partition coefficient (Wildman–Crippen LogP) is 3.18. The van der Waals surface area contributed by atoms with Gasteiger partial charge in [-0.15, -0.1) is 5.06 Å². The van der Waals surface area contributed by atoms with Crippen LogP contribution in [0.1, 0.15) is 60.3 Å². The Morgan fingerprint density at radius 3 is 2.04 bits per heavy atom. The molecule has 1 saturated heterocycles. The van der Waals surface area contributed by atoms with Gasteiger partial charge in [-0.05, 0) is 56.3 Å². The van der Waals surface area contributed by atoms with E-state index < -0.39 is 11.4 Å². The first-order chi connectivity index (χ1) is 11.2. The molecule has 0 N–H and O–H groups in total. The Hall–Kier alpha value is -1.39. The van der Waals surface area contributed by atoms with Crippen molar-refractivity contribution < 1.29 is 19.2 Å². The molecule has 5 atom stereocenters. The monoisotopic (exact) mass is 335 g/mol. The molecule has 5 unspecified atom stereocenters. The molecule has 2 amide bonds. The van der Waals surface area contributed by atoms with E-state index in [1.54, 1.807) is 0 Å². The van der Waals surface area contributed by atoms with E-state index in [0.717, 1.165) is 24.3 Å². The highest BCUT2D eigenvalue weighted by Crippen LogP contribution is 2.56. The molecule has 2 aliphatic carbocycles. The van der Waals surface area contributed by atoms with Crippen molar-refractivity contribution in [2.45, 2.75) is 60.3 Å². The molecule has 0 aromatic heterocycles. The van der Waals surface area contributed by atoms with Crippen LogP contribution in [-0.4, -0.2) is 22.8 Å². The summed E-state index contributed by atoms with van der Waals surface area (Å²) in [4.78, 5) is 43.6. The zero-order valence-electron chi connectivity index (χ0n) is 15.4. The molecule has 3 aliphatic rings. The topological polar surface area (TPSA) is 63.7 Å². The van der Waals surface area contributed by atoms with E-state index in [4.69, 9.17) is 4.84 Å². The number of hydroxylamine groups is 2.